The molecule has 0 fully saturated rings. The molecule has 1 rings (SSSR count). The van der Waals surface area contributed by atoms with Gasteiger partial charge in [-0.15, -0.1) is 0 Å². The summed E-state index contributed by atoms with van der Waals surface area (Å²) in [4.78, 5) is 0. The first-order chi connectivity index (χ1) is 5.43. The second kappa shape index (κ2) is 3.09. The van der Waals surface area contributed by atoms with Crippen molar-refractivity contribution < 1.29 is 4.39 Å². The van der Waals surface area contributed by atoms with Crippen LogP contribution in [0.5, 0.6) is 0 Å². The van der Waals surface area contributed by atoms with Gasteiger partial charge in [0.15, 0.2) is 5.82 Å². The Bertz CT molecular complexity index is 294. The van der Waals surface area contributed by atoms with Gasteiger partial charge in [-0.3, -0.25) is 0 Å². The molecular weight excluding hydrogens is 223 g/mol. The van der Waals surface area contributed by atoms with E-state index in [4.69, 9.17) is 0 Å². The maximum Gasteiger partial charge on any atom is 0.159 e. The molecule has 2 nitrogen and oxygen atoms in total. The zero-order chi connectivity index (χ0) is 9.35. The quantitative estimate of drug-likeness (QED) is 0.688. The predicted octanol–water partition coefficient (Wildman–Crippen LogP) is 2.68. The summed E-state index contributed by atoms with van der Waals surface area (Å²) in [7, 11) is 0. The van der Waals surface area contributed by atoms with Crippen molar-refractivity contribution in [3.05, 3.63) is 22.2 Å². The van der Waals surface area contributed by atoms with Gasteiger partial charge in [-0.2, -0.15) is 10.2 Å². The molecule has 12 heavy (non-hydrogen) atoms. The maximum absolute atomic E-state index is 13.0. The summed E-state index contributed by atoms with van der Waals surface area (Å²) in [6.45, 7) is 5.88. The molecule has 0 spiro atoms. The summed E-state index contributed by atoms with van der Waals surface area (Å²) in [6, 6.07) is 0. The first kappa shape index (κ1) is 9.58. The Balaban J connectivity index is 3.26. The van der Waals surface area contributed by atoms with Crippen LogP contribution in [-0.4, -0.2) is 10.2 Å². The van der Waals surface area contributed by atoms with Gasteiger partial charge in [-0.1, -0.05) is 20.8 Å². The van der Waals surface area contributed by atoms with E-state index in [1.54, 1.807) is 0 Å². The summed E-state index contributed by atoms with van der Waals surface area (Å²) >= 11 is 3.14. The van der Waals surface area contributed by atoms with E-state index >= 15 is 0 Å². The molecule has 0 N–H and O–H groups in total. The third kappa shape index (κ3) is 1.80. The Morgan fingerprint density at radius 1 is 1.42 bits per heavy atom. The minimum absolute atomic E-state index is 0.187. The van der Waals surface area contributed by atoms with E-state index in [2.05, 4.69) is 26.1 Å². The lowest BCUT2D eigenvalue weighted by atomic mass is 9.92. The normalized spacial score (nSPS) is 11.8. The smallest absolute Gasteiger partial charge is 0.159 e. The first-order valence-electron chi connectivity index (χ1n) is 3.60. The highest BCUT2D eigenvalue weighted by Gasteiger charge is 2.21. The first-order valence-corrected chi connectivity index (χ1v) is 4.39. The van der Waals surface area contributed by atoms with E-state index in [9.17, 15) is 4.39 Å². The van der Waals surface area contributed by atoms with Gasteiger partial charge in [0.05, 0.1) is 16.4 Å². The molecule has 66 valence electrons. The molecule has 0 aliphatic heterocycles. The lowest BCUT2D eigenvalue weighted by Crippen LogP contribution is -2.15. The predicted molar refractivity (Wildman–Crippen MR) is 48.4 cm³/mol. The summed E-state index contributed by atoms with van der Waals surface area (Å²) in [5, 5.41) is 7.43. The van der Waals surface area contributed by atoms with Crippen molar-refractivity contribution >= 4 is 15.9 Å². The van der Waals surface area contributed by atoms with Crippen LogP contribution in [0.2, 0.25) is 0 Å². The van der Waals surface area contributed by atoms with Crippen molar-refractivity contribution in [3.63, 3.8) is 0 Å². The number of nitrogens with zero attached hydrogens (tertiary/aromatic N) is 2. The number of halogens is 2. The van der Waals surface area contributed by atoms with E-state index in [0.29, 0.717) is 10.2 Å². The molecule has 0 aromatic carbocycles. The highest BCUT2D eigenvalue weighted by atomic mass is 79.9. The maximum atomic E-state index is 13.0. The number of hydrogen-bond donors (Lipinski definition) is 0. The van der Waals surface area contributed by atoms with Crippen molar-refractivity contribution in [2.45, 2.75) is 26.2 Å². The van der Waals surface area contributed by atoms with Crippen LogP contribution in [0.1, 0.15) is 26.5 Å². The van der Waals surface area contributed by atoms with Crippen LogP contribution < -0.4 is 0 Å². The highest BCUT2D eigenvalue weighted by Crippen LogP contribution is 2.28. The Morgan fingerprint density at radius 2 is 2.00 bits per heavy atom. The Kier molecular flexibility index (Phi) is 2.46. The lowest BCUT2D eigenvalue weighted by molar-refractivity contribution is 0.529. The third-order valence-corrected chi connectivity index (χ3v) is 2.21. The van der Waals surface area contributed by atoms with Gasteiger partial charge < -0.3 is 0 Å². The molecule has 0 saturated heterocycles. The average Bonchev–Trinajstić information content (AvgIpc) is 1.92. The van der Waals surface area contributed by atoms with Gasteiger partial charge in [0.1, 0.15) is 0 Å². The molecule has 1 aromatic rings. The summed E-state index contributed by atoms with van der Waals surface area (Å²) in [6.07, 6.45) is 1.10. The lowest BCUT2D eigenvalue weighted by Gasteiger charge is -2.17. The van der Waals surface area contributed by atoms with Gasteiger partial charge in [0.2, 0.25) is 0 Å². The average molecular weight is 233 g/mol. The largest absolute Gasteiger partial charge is 0.204 e. The minimum Gasteiger partial charge on any atom is -0.204 e. The Labute approximate surface area is 79.3 Å². The van der Waals surface area contributed by atoms with Crippen LogP contribution >= 0.6 is 15.9 Å². The van der Waals surface area contributed by atoms with Crippen LogP contribution in [0.4, 0.5) is 4.39 Å². The second-order valence-electron chi connectivity index (χ2n) is 3.61. The SMILES string of the molecule is CC(C)(C)c1nncc(F)c1Br. The fourth-order valence-electron chi connectivity index (χ4n) is 0.830. The molecule has 0 atom stereocenters. The molecule has 0 unspecified atom stereocenters. The van der Waals surface area contributed by atoms with Crippen molar-refractivity contribution in [1.82, 2.24) is 10.2 Å². The fraction of sp³-hybridized carbons (Fsp3) is 0.500. The van der Waals surface area contributed by atoms with Gasteiger partial charge >= 0.3 is 0 Å². The standard InChI is InChI=1S/C8H10BrFN2/c1-8(2,3)7-6(9)5(10)4-11-12-7/h4H,1-3H3. The van der Waals surface area contributed by atoms with E-state index in [0.717, 1.165) is 6.20 Å². The van der Waals surface area contributed by atoms with E-state index in [-0.39, 0.29) is 11.2 Å². The number of hydrogen-bond acceptors (Lipinski definition) is 2. The summed E-state index contributed by atoms with van der Waals surface area (Å²) in [5.41, 5.74) is 0.455. The van der Waals surface area contributed by atoms with Crippen molar-refractivity contribution in [2.75, 3.05) is 0 Å². The molecule has 1 heterocycles. The summed E-state index contributed by atoms with van der Waals surface area (Å²) < 4.78 is 13.4. The van der Waals surface area contributed by atoms with Crippen LogP contribution in [0.3, 0.4) is 0 Å². The molecule has 0 aliphatic carbocycles. The van der Waals surface area contributed by atoms with Gasteiger partial charge in [-0.25, -0.2) is 4.39 Å². The zero-order valence-corrected chi connectivity index (χ0v) is 8.81. The molecular formula is C8H10BrFN2. The minimum atomic E-state index is -0.366. The molecule has 0 aliphatic rings. The third-order valence-electron chi connectivity index (χ3n) is 1.46. The van der Waals surface area contributed by atoms with Gasteiger partial charge in [0.25, 0.3) is 0 Å². The Morgan fingerprint density at radius 3 is 2.42 bits per heavy atom. The van der Waals surface area contributed by atoms with E-state index < -0.39 is 0 Å². The van der Waals surface area contributed by atoms with Crippen LogP contribution in [0, 0.1) is 5.82 Å². The molecule has 0 saturated carbocycles. The fourth-order valence-corrected chi connectivity index (χ4v) is 1.61. The Hall–Kier alpha value is -0.510. The second-order valence-corrected chi connectivity index (χ2v) is 4.40. The van der Waals surface area contributed by atoms with E-state index in [1.807, 2.05) is 20.8 Å². The van der Waals surface area contributed by atoms with Crippen LogP contribution in [-0.2, 0) is 5.41 Å². The molecule has 0 amide bonds. The topological polar surface area (TPSA) is 25.8 Å². The molecule has 0 radical (unpaired) electrons. The number of aromatic nitrogens is 2. The molecule has 0 bridgehead atoms. The van der Waals surface area contributed by atoms with Gasteiger partial charge in [0, 0.05) is 5.41 Å². The molecule has 1 aromatic heterocycles. The van der Waals surface area contributed by atoms with Gasteiger partial charge in [-0.05, 0) is 15.9 Å². The number of rotatable bonds is 0. The van der Waals surface area contributed by atoms with Crippen LogP contribution in [0.25, 0.3) is 0 Å². The highest BCUT2D eigenvalue weighted by molar-refractivity contribution is 9.10. The van der Waals surface area contributed by atoms with Crippen molar-refractivity contribution in [2.24, 2.45) is 0 Å². The monoisotopic (exact) mass is 232 g/mol. The van der Waals surface area contributed by atoms with Crippen molar-refractivity contribution in [3.8, 4) is 0 Å². The van der Waals surface area contributed by atoms with E-state index in [1.165, 1.54) is 0 Å². The van der Waals surface area contributed by atoms with Crippen molar-refractivity contribution in [1.29, 1.82) is 0 Å². The van der Waals surface area contributed by atoms with Crippen LogP contribution in [0.15, 0.2) is 10.7 Å². The molecule has 4 heteroatoms. The summed E-state index contributed by atoms with van der Waals surface area (Å²) in [5.74, 6) is -0.366. The zero-order valence-electron chi connectivity index (χ0n) is 7.23.